The van der Waals surface area contributed by atoms with Crippen LogP contribution in [0.25, 0.3) is 11.4 Å². The minimum absolute atomic E-state index is 0.0245. The molecule has 0 aromatic carbocycles. The van der Waals surface area contributed by atoms with Gasteiger partial charge in [0.05, 0.1) is 19.1 Å². The zero-order valence-corrected chi connectivity index (χ0v) is 14.6. The van der Waals surface area contributed by atoms with Crippen LogP contribution in [0.1, 0.15) is 25.7 Å². The van der Waals surface area contributed by atoms with Crippen molar-refractivity contribution < 1.29 is 14.1 Å². The van der Waals surface area contributed by atoms with Crippen LogP contribution in [0.2, 0.25) is 0 Å². The predicted molar refractivity (Wildman–Crippen MR) is 90.8 cm³/mol. The monoisotopic (exact) mass is 345 g/mol. The second kappa shape index (κ2) is 8.06. The van der Waals surface area contributed by atoms with Gasteiger partial charge >= 0.3 is 0 Å². The molecule has 8 nitrogen and oxygen atoms in total. The maximum Gasteiger partial charge on any atom is 0.246 e. The van der Waals surface area contributed by atoms with E-state index in [1.54, 1.807) is 12.3 Å². The van der Waals surface area contributed by atoms with Crippen molar-refractivity contribution in [1.82, 2.24) is 25.3 Å². The van der Waals surface area contributed by atoms with E-state index in [0.29, 0.717) is 24.2 Å². The molecule has 1 fully saturated rings. The van der Waals surface area contributed by atoms with Gasteiger partial charge in [-0.1, -0.05) is 5.16 Å². The molecule has 1 atom stereocenters. The number of nitrogens with one attached hydrogen (secondary N) is 1. The Morgan fingerprint density at radius 3 is 3.08 bits per heavy atom. The lowest BCUT2D eigenvalue weighted by molar-refractivity contribution is -0.126. The molecule has 8 heteroatoms. The third-order valence-electron chi connectivity index (χ3n) is 4.16. The smallest absolute Gasteiger partial charge is 0.246 e. The first-order chi connectivity index (χ1) is 12.2. The highest BCUT2D eigenvalue weighted by Gasteiger charge is 2.24. The van der Waals surface area contributed by atoms with Crippen molar-refractivity contribution in [3.05, 3.63) is 24.2 Å². The van der Waals surface area contributed by atoms with Crippen LogP contribution in [0.15, 0.2) is 22.9 Å². The first-order valence-electron chi connectivity index (χ1n) is 8.53. The fourth-order valence-electron chi connectivity index (χ4n) is 2.88. The van der Waals surface area contributed by atoms with Gasteiger partial charge in [-0.05, 0) is 39.4 Å². The highest BCUT2D eigenvalue weighted by atomic mass is 16.5. The van der Waals surface area contributed by atoms with Gasteiger partial charge in [0, 0.05) is 24.4 Å². The molecule has 0 spiro atoms. The van der Waals surface area contributed by atoms with Crippen LogP contribution in [0.3, 0.4) is 0 Å². The highest BCUT2D eigenvalue weighted by molar-refractivity contribution is 5.78. The minimum Gasteiger partial charge on any atom is -0.478 e. The zero-order valence-electron chi connectivity index (χ0n) is 14.6. The number of hydrogen-bond donors (Lipinski definition) is 1. The van der Waals surface area contributed by atoms with E-state index in [2.05, 4.69) is 25.3 Å². The van der Waals surface area contributed by atoms with Crippen molar-refractivity contribution in [2.45, 2.75) is 26.3 Å². The SMILES string of the molecule is CCOc1ccc(-c2noc(CNC(=O)C3CCCN(C)C3)n2)cn1. The van der Waals surface area contributed by atoms with Crippen LogP contribution < -0.4 is 10.1 Å². The zero-order chi connectivity index (χ0) is 17.6. The van der Waals surface area contributed by atoms with Crippen molar-refractivity contribution in [2.24, 2.45) is 5.92 Å². The van der Waals surface area contributed by atoms with Crippen LogP contribution >= 0.6 is 0 Å². The van der Waals surface area contributed by atoms with E-state index in [1.165, 1.54) is 0 Å². The Balaban J connectivity index is 1.55. The van der Waals surface area contributed by atoms with Crippen LogP contribution in [-0.2, 0) is 11.3 Å². The van der Waals surface area contributed by atoms with E-state index in [0.717, 1.165) is 31.5 Å². The quantitative estimate of drug-likeness (QED) is 0.847. The topological polar surface area (TPSA) is 93.4 Å². The summed E-state index contributed by atoms with van der Waals surface area (Å²) in [6.07, 6.45) is 3.60. The van der Waals surface area contributed by atoms with Gasteiger partial charge < -0.3 is 19.5 Å². The normalized spacial score (nSPS) is 18.1. The van der Waals surface area contributed by atoms with Gasteiger partial charge in [0.15, 0.2) is 0 Å². The number of hydrogen-bond acceptors (Lipinski definition) is 7. The maximum atomic E-state index is 12.2. The average molecular weight is 345 g/mol. The van der Waals surface area contributed by atoms with Crippen molar-refractivity contribution in [3.8, 4) is 17.3 Å². The van der Waals surface area contributed by atoms with Crippen molar-refractivity contribution >= 4 is 5.91 Å². The van der Waals surface area contributed by atoms with E-state index in [4.69, 9.17) is 9.26 Å². The van der Waals surface area contributed by atoms with Gasteiger partial charge in [-0.3, -0.25) is 4.79 Å². The highest BCUT2D eigenvalue weighted by Crippen LogP contribution is 2.18. The number of nitrogens with zero attached hydrogens (tertiary/aromatic N) is 4. The molecule has 1 saturated heterocycles. The van der Waals surface area contributed by atoms with E-state index in [1.807, 2.05) is 20.0 Å². The van der Waals surface area contributed by atoms with Crippen molar-refractivity contribution in [3.63, 3.8) is 0 Å². The van der Waals surface area contributed by atoms with Gasteiger partial charge in [-0.15, -0.1) is 0 Å². The Hall–Kier alpha value is -2.48. The van der Waals surface area contributed by atoms with Gasteiger partial charge in [0.1, 0.15) is 0 Å². The molecule has 1 aliphatic rings. The Kier molecular flexibility index (Phi) is 5.60. The number of pyridine rings is 1. The summed E-state index contributed by atoms with van der Waals surface area (Å²) in [5.41, 5.74) is 0.735. The average Bonchev–Trinajstić information content (AvgIpc) is 3.09. The van der Waals surface area contributed by atoms with Gasteiger partial charge in [-0.25, -0.2) is 4.98 Å². The Morgan fingerprint density at radius 2 is 2.36 bits per heavy atom. The largest absolute Gasteiger partial charge is 0.478 e. The third-order valence-corrected chi connectivity index (χ3v) is 4.16. The number of carbonyl (C=O) groups is 1. The van der Waals surface area contributed by atoms with E-state index >= 15 is 0 Å². The summed E-state index contributed by atoms with van der Waals surface area (Å²) in [4.78, 5) is 22.9. The summed E-state index contributed by atoms with van der Waals surface area (Å²) in [5, 5.41) is 6.82. The standard InChI is InChI=1S/C17H23N5O3/c1-3-24-14-7-6-12(9-18-14)16-20-15(25-21-16)10-19-17(23)13-5-4-8-22(2)11-13/h6-7,9,13H,3-5,8,10-11H2,1-2H3,(H,19,23). The summed E-state index contributed by atoms with van der Waals surface area (Å²) >= 11 is 0. The summed E-state index contributed by atoms with van der Waals surface area (Å²) < 4.78 is 10.5. The molecule has 3 heterocycles. The number of amides is 1. The second-order valence-corrected chi connectivity index (χ2v) is 6.15. The number of rotatable bonds is 6. The fraction of sp³-hybridized carbons (Fsp3) is 0.529. The Morgan fingerprint density at radius 1 is 1.48 bits per heavy atom. The predicted octanol–water partition coefficient (Wildman–Crippen LogP) is 1.49. The number of aromatic nitrogens is 3. The Bertz CT molecular complexity index is 701. The van der Waals surface area contributed by atoms with Crippen LogP contribution in [-0.4, -0.2) is 52.7 Å². The number of carbonyl (C=O) groups excluding carboxylic acids is 1. The summed E-state index contributed by atoms with van der Waals surface area (Å²) in [7, 11) is 2.04. The van der Waals surface area contributed by atoms with Crippen LogP contribution in [0.4, 0.5) is 0 Å². The summed E-state index contributed by atoms with van der Waals surface area (Å²) in [6, 6.07) is 3.58. The number of likely N-dealkylation sites (tertiary alicyclic amines) is 1. The molecule has 1 amide bonds. The molecule has 1 unspecified atom stereocenters. The number of piperidine rings is 1. The summed E-state index contributed by atoms with van der Waals surface area (Å²) in [5.74, 6) is 1.43. The fourth-order valence-corrected chi connectivity index (χ4v) is 2.88. The molecule has 0 bridgehead atoms. The first-order valence-corrected chi connectivity index (χ1v) is 8.53. The lowest BCUT2D eigenvalue weighted by Gasteiger charge is -2.28. The van der Waals surface area contributed by atoms with Gasteiger partial charge in [0.25, 0.3) is 0 Å². The van der Waals surface area contributed by atoms with E-state index < -0.39 is 0 Å². The molecule has 134 valence electrons. The molecule has 2 aromatic rings. The Labute approximate surface area is 146 Å². The second-order valence-electron chi connectivity index (χ2n) is 6.15. The minimum atomic E-state index is 0.0245. The maximum absolute atomic E-state index is 12.2. The molecule has 0 radical (unpaired) electrons. The molecule has 1 N–H and O–H groups in total. The molecule has 0 saturated carbocycles. The van der Waals surface area contributed by atoms with Crippen LogP contribution in [0.5, 0.6) is 5.88 Å². The lowest BCUT2D eigenvalue weighted by atomic mass is 9.98. The van der Waals surface area contributed by atoms with Crippen molar-refractivity contribution in [2.75, 3.05) is 26.7 Å². The van der Waals surface area contributed by atoms with Gasteiger partial charge in [0.2, 0.25) is 23.5 Å². The molecule has 1 aliphatic heterocycles. The van der Waals surface area contributed by atoms with E-state index in [9.17, 15) is 4.79 Å². The lowest BCUT2D eigenvalue weighted by Crippen LogP contribution is -2.41. The van der Waals surface area contributed by atoms with Crippen molar-refractivity contribution in [1.29, 1.82) is 0 Å². The molecule has 0 aliphatic carbocycles. The third kappa shape index (κ3) is 4.54. The molecule has 2 aromatic heterocycles. The van der Waals surface area contributed by atoms with Gasteiger partial charge in [-0.2, -0.15) is 4.98 Å². The summed E-state index contributed by atoms with van der Waals surface area (Å²) in [6.45, 7) is 4.54. The molecular formula is C17H23N5O3. The first kappa shape index (κ1) is 17.3. The van der Waals surface area contributed by atoms with Crippen LogP contribution in [0, 0.1) is 5.92 Å². The number of ether oxygens (including phenoxy) is 1. The molecule has 25 heavy (non-hydrogen) atoms. The molecular weight excluding hydrogens is 322 g/mol. The molecule has 3 rings (SSSR count). The van der Waals surface area contributed by atoms with E-state index in [-0.39, 0.29) is 18.4 Å².